The zero-order chi connectivity index (χ0) is 15.3. The smallest absolute Gasteiger partial charge is 0.239 e. The summed E-state index contributed by atoms with van der Waals surface area (Å²) in [6, 6.07) is 6.80. The number of hydrogen-bond donors (Lipinski definition) is 1. The van der Waals surface area contributed by atoms with E-state index in [9.17, 15) is 13.2 Å². The van der Waals surface area contributed by atoms with Crippen LogP contribution in [0.15, 0.2) is 24.3 Å². The van der Waals surface area contributed by atoms with Crippen LogP contribution in [0.2, 0.25) is 5.02 Å². The predicted octanol–water partition coefficient (Wildman–Crippen LogP) is 2.20. The van der Waals surface area contributed by atoms with Gasteiger partial charge < -0.3 is 5.32 Å². The van der Waals surface area contributed by atoms with Gasteiger partial charge in [0.05, 0.1) is 23.5 Å². The molecule has 0 spiro atoms. The first kappa shape index (κ1) is 16.9. The number of carbonyl (C=O) groups excluding carboxylic acids is 1. The van der Waals surface area contributed by atoms with Gasteiger partial charge in [-0.1, -0.05) is 37.6 Å². The number of halogens is 1. The lowest BCUT2D eigenvalue weighted by atomic mass is 10.2. The summed E-state index contributed by atoms with van der Waals surface area (Å²) in [6.07, 6.45) is 1.10. The van der Waals surface area contributed by atoms with Gasteiger partial charge in [-0.25, -0.2) is 8.42 Å². The van der Waals surface area contributed by atoms with E-state index in [4.69, 9.17) is 11.6 Å². The van der Waals surface area contributed by atoms with Gasteiger partial charge >= 0.3 is 0 Å². The number of nitrogens with zero attached hydrogens (tertiary/aromatic N) is 1. The van der Waals surface area contributed by atoms with Crippen molar-refractivity contribution in [2.45, 2.75) is 13.8 Å². The Balaban J connectivity index is 2.75. The molecule has 0 atom stereocenters. The molecule has 0 saturated carbocycles. The zero-order valence-electron chi connectivity index (χ0n) is 11.8. The molecule has 1 aromatic carbocycles. The zero-order valence-corrected chi connectivity index (χ0v) is 13.3. The summed E-state index contributed by atoms with van der Waals surface area (Å²) in [5, 5.41) is 3.02. The lowest BCUT2D eigenvalue weighted by Crippen LogP contribution is -2.39. The number of rotatable bonds is 6. The van der Waals surface area contributed by atoms with Crippen LogP contribution >= 0.6 is 11.6 Å². The van der Waals surface area contributed by atoms with Crippen molar-refractivity contribution in [1.82, 2.24) is 4.31 Å². The van der Waals surface area contributed by atoms with Crippen molar-refractivity contribution in [2.75, 3.05) is 24.7 Å². The summed E-state index contributed by atoms with van der Waals surface area (Å²) < 4.78 is 24.4. The first-order chi connectivity index (χ1) is 9.20. The molecular formula is C13H19ClN2O3S. The number of para-hydroxylation sites is 1. The molecule has 0 heterocycles. The number of hydrogen-bond acceptors (Lipinski definition) is 3. The molecule has 0 radical (unpaired) electrons. The van der Waals surface area contributed by atoms with E-state index in [-0.39, 0.29) is 12.5 Å². The van der Waals surface area contributed by atoms with Crippen LogP contribution in [0.25, 0.3) is 0 Å². The maximum atomic E-state index is 11.9. The standard InChI is InChI=1S/C13H19ClN2O3S/c1-10(2)8-16(20(3,18)19)9-13(17)15-12-7-5-4-6-11(12)14/h4-7,10H,8-9H2,1-3H3,(H,15,17). The molecule has 0 aliphatic heterocycles. The molecule has 0 fully saturated rings. The Hall–Kier alpha value is -1.11. The molecule has 5 nitrogen and oxygen atoms in total. The number of carbonyl (C=O) groups is 1. The predicted molar refractivity (Wildman–Crippen MR) is 81.3 cm³/mol. The second-order valence-electron chi connectivity index (χ2n) is 4.98. The van der Waals surface area contributed by atoms with E-state index in [1.807, 2.05) is 13.8 Å². The fourth-order valence-corrected chi connectivity index (χ4v) is 2.74. The van der Waals surface area contributed by atoms with Crippen LogP contribution in [-0.2, 0) is 14.8 Å². The summed E-state index contributed by atoms with van der Waals surface area (Å²) in [4.78, 5) is 11.9. The highest BCUT2D eigenvalue weighted by molar-refractivity contribution is 7.88. The molecule has 1 N–H and O–H groups in total. The molecule has 1 amide bonds. The minimum absolute atomic E-state index is 0.137. The summed E-state index contributed by atoms with van der Waals surface area (Å²) >= 11 is 5.93. The van der Waals surface area contributed by atoms with Crippen LogP contribution in [0.3, 0.4) is 0 Å². The van der Waals surface area contributed by atoms with E-state index in [1.54, 1.807) is 24.3 Å². The molecule has 0 aliphatic carbocycles. The fourth-order valence-electron chi connectivity index (χ4n) is 1.64. The van der Waals surface area contributed by atoms with Crippen LogP contribution in [0, 0.1) is 5.92 Å². The monoisotopic (exact) mass is 318 g/mol. The van der Waals surface area contributed by atoms with Gasteiger partial charge in [-0.05, 0) is 18.1 Å². The van der Waals surface area contributed by atoms with Gasteiger partial charge in [0, 0.05) is 6.54 Å². The normalized spacial score (nSPS) is 11.9. The Bertz CT molecular complexity index is 573. The first-order valence-corrected chi connectivity index (χ1v) is 8.42. The van der Waals surface area contributed by atoms with E-state index in [2.05, 4.69) is 5.32 Å². The molecule has 0 unspecified atom stereocenters. The quantitative estimate of drug-likeness (QED) is 0.874. The van der Waals surface area contributed by atoms with Crippen molar-refractivity contribution >= 4 is 33.2 Å². The largest absolute Gasteiger partial charge is 0.324 e. The molecular weight excluding hydrogens is 300 g/mol. The van der Waals surface area contributed by atoms with Crippen molar-refractivity contribution in [3.8, 4) is 0 Å². The van der Waals surface area contributed by atoms with E-state index in [1.165, 1.54) is 0 Å². The fraction of sp³-hybridized carbons (Fsp3) is 0.462. The number of sulfonamides is 1. The van der Waals surface area contributed by atoms with E-state index in [0.717, 1.165) is 10.6 Å². The lowest BCUT2D eigenvalue weighted by Gasteiger charge is -2.21. The van der Waals surface area contributed by atoms with E-state index >= 15 is 0 Å². The molecule has 20 heavy (non-hydrogen) atoms. The molecule has 0 bridgehead atoms. The Morgan fingerprint density at radius 3 is 2.45 bits per heavy atom. The van der Waals surface area contributed by atoms with Crippen LogP contribution in [0.1, 0.15) is 13.8 Å². The van der Waals surface area contributed by atoms with Crippen LogP contribution in [0.5, 0.6) is 0 Å². The average molecular weight is 319 g/mol. The third-order valence-electron chi connectivity index (χ3n) is 2.51. The molecule has 0 saturated heterocycles. The number of amides is 1. The Labute approximate surface area is 125 Å². The second-order valence-corrected chi connectivity index (χ2v) is 7.37. The minimum atomic E-state index is -3.42. The topological polar surface area (TPSA) is 66.5 Å². The van der Waals surface area contributed by atoms with Gasteiger partial charge in [-0.2, -0.15) is 4.31 Å². The van der Waals surface area contributed by atoms with Gasteiger partial charge in [-0.15, -0.1) is 0 Å². The molecule has 1 rings (SSSR count). The summed E-state index contributed by atoms with van der Waals surface area (Å²) in [5.74, 6) is -0.276. The minimum Gasteiger partial charge on any atom is -0.324 e. The van der Waals surface area contributed by atoms with E-state index in [0.29, 0.717) is 17.3 Å². The third-order valence-corrected chi connectivity index (χ3v) is 4.05. The number of anilines is 1. The van der Waals surface area contributed by atoms with Gasteiger partial charge in [0.15, 0.2) is 0 Å². The molecule has 0 aromatic heterocycles. The van der Waals surface area contributed by atoms with Crippen LogP contribution < -0.4 is 5.32 Å². The van der Waals surface area contributed by atoms with Gasteiger partial charge in [0.25, 0.3) is 0 Å². The molecule has 1 aromatic rings. The molecule has 112 valence electrons. The average Bonchev–Trinajstić information content (AvgIpc) is 2.29. The highest BCUT2D eigenvalue weighted by Gasteiger charge is 2.21. The summed E-state index contributed by atoms with van der Waals surface area (Å²) in [6.45, 7) is 3.87. The SMILES string of the molecule is CC(C)CN(CC(=O)Nc1ccccc1Cl)S(C)(=O)=O. The maximum Gasteiger partial charge on any atom is 0.239 e. The highest BCUT2D eigenvalue weighted by atomic mass is 35.5. The van der Waals surface area contributed by atoms with Crippen molar-refractivity contribution in [1.29, 1.82) is 0 Å². The van der Waals surface area contributed by atoms with Gasteiger partial charge in [0.1, 0.15) is 0 Å². The van der Waals surface area contributed by atoms with Crippen molar-refractivity contribution in [3.05, 3.63) is 29.3 Å². The lowest BCUT2D eigenvalue weighted by molar-refractivity contribution is -0.116. The van der Waals surface area contributed by atoms with Crippen LogP contribution in [-0.4, -0.2) is 38.0 Å². The van der Waals surface area contributed by atoms with E-state index < -0.39 is 15.9 Å². The molecule has 0 aliphatic rings. The highest BCUT2D eigenvalue weighted by Crippen LogP contribution is 2.20. The van der Waals surface area contributed by atoms with Crippen molar-refractivity contribution in [3.63, 3.8) is 0 Å². The Morgan fingerprint density at radius 1 is 1.35 bits per heavy atom. The summed E-state index contributed by atoms with van der Waals surface area (Å²) in [7, 11) is -3.42. The third kappa shape index (κ3) is 5.48. The van der Waals surface area contributed by atoms with Gasteiger partial charge in [0.2, 0.25) is 15.9 Å². The van der Waals surface area contributed by atoms with Crippen molar-refractivity contribution < 1.29 is 13.2 Å². The van der Waals surface area contributed by atoms with Gasteiger partial charge in [-0.3, -0.25) is 4.79 Å². The maximum absolute atomic E-state index is 11.9. The van der Waals surface area contributed by atoms with Crippen molar-refractivity contribution in [2.24, 2.45) is 5.92 Å². The summed E-state index contributed by atoms with van der Waals surface area (Å²) in [5.41, 5.74) is 0.470. The number of nitrogens with one attached hydrogen (secondary N) is 1. The Kier molecular flexibility index (Phi) is 5.98. The Morgan fingerprint density at radius 2 is 1.95 bits per heavy atom. The molecule has 7 heteroatoms. The first-order valence-electron chi connectivity index (χ1n) is 6.19. The number of benzene rings is 1. The second kappa shape index (κ2) is 7.06. The van der Waals surface area contributed by atoms with Crippen LogP contribution in [0.4, 0.5) is 5.69 Å².